The average molecular weight is 158 g/mol. The fraction of sp³-hybridized carbons (Fsp3) is 1.00. The van der Waals surface area contributed by atoms with Gasteiger partial charge in [0, 0.05) is 0 Å². The summed E-state index contributed by atoms with van der Waals surface area (Å²) in [6.07, 6.45) is 0. The monoisotopic (exact) mass is 158 g/mol. The molecule has 0 saturated heterocycles. The molecule has 0 aliphatic rings. The lowest BCUT2D eigenvalue weighted by molar-refractivity contribution is -0.134. The van der Waals surface area contributed by atoms with Crippen molar-refractivity contribution in [3.8, 4) is 0 Å². The van der Waals surface area contributed by atoms with Crippen LogP contribution in [0.15, 0.2) is 0 Å². The summed E-state index contributed by atoms with van der Waals surface area (Å²) in [4.78, 5) is 0. The van der Waals surface area contributed by atoms with Gasteiger partial charge in [0.1, 0.15) is 0 Å². The Balaban J connectivity index is 4.13. The van der Waals surface area contributed by atoms with E-state index in [1.165, 1.54) is 0 Å². The number of rotatable bonds is 2. The SMILES string of the molecule is CC(C)C(C)(C)OC(C)(C)C. The van der Waals surface area contributed by atoms with E-state index >= 15 is 0 Å². The van der Waals surface area contributed by atoms with Crippen molar-refractivity contribution in [1.29, 1.82) is 0 Å². The Morgan fingerprint density at radius 3 is 1.36 bits per heavy atom. The highest BCUT2D eigenvalue weighted by Gasteiger charge is 2.28. The normalized spacial score (nSPS) is 14.2. The molecule has 0 aliphatic heterocycles. The van der Waals surface area contributed by atoms with E-state index in [0.29, 0.717) is 5.92 Å². The van der Waals surface area contributed by atoms with E-state index in [9.17, 15) is 0 Å². The summed E-state index contributed by atoms with van der Waals surface area (Å²) in [5.41, 5.74) is -0.0496. The molecular weight excluding hydrogens is 136 g/mol. The highest BCUT2D eigenvalue weighted by molar-refractivity contribution is 4.76. The van der Waals surface area contributed by atoms with Gasteiger partial charge in [0.15, 0.2) is 0 Å². The molecule has 0 unspecified atom stereocenters. The third kappa shape index (κ3) is 4.41. The molecule has 0 aromatic heterocycles. The standard InChI is InChI=1S/C10H22O/c1-8(2)10(6,7)11-9(3,4)5/h8H,1-7H3. The van der Waals surface area contributed by atoms with Crippen LogP contribution in [0.2, 0.25) is 0 Å². The lowest BCUT2D eigenvalue weighted by Gasteiger charge is -2.36. The zero-order valence-electron chi connectivity index (χ0n) is 8.99. The molecule has 0 aliphatic carbocycles. The first kappa shape index (κ1) is 11.0. The maximum atomic E-state index is 5.89. The van der Waals surface area contributed by atoms with Crippen LogP contribution in [0.25, 0.3) is 0 Å². The van der Waals surface area contributed by atoms with E-state index in [-0.39, 0.29) is 11.2 Å². The quantitative estimate of drug-likeness (QED) is 0.599. The zero-order chi connectivity index (χ0) is 9.28. The fourth-order valence-electron chi connectivity index (χ4n) is 0.907. The molecule has 0 bridgehead atoms. The molecule has 0 aromatic rings. The minimum absolute atomic E-state index is 0.0156. The maximum absolute atomic E-state index is 5.89. The number of ether oxygens (including phenoxy) is 1. The molecule has 68 valence electrons. The largest absolute Gasteiger partial charge is 0.370 e. The van der Waals surface area contributed by atoms with Gasteiger partial charge < -0.3 is 4.74 Å². The van der Waals surface area contributed by atoms with Crippen molar-refractivity contribution in [2.75, 3.05) is 0 Å². The summed E-state index contributed by atoms with van der Waals surface area (Å²) in [6, 6.07) is 0. The van der Waals surface area contributed by atoms with E-state index in [4.69, 9.17) is 4.74 Å². The molecule has 1 nitrogen and oxygen atoms in total. The summed E-state index contributed by atoms with van der Waals surface area (Å²) < 4.78 is 5.89. The second kappa shape index (κ2) is 3.14. The molecular formula is C10H22O. The lowest BCUT2D eigenvalue weighted by Crippen LogP contribution is -2.38. The fourth-order valence-corrected chi connectivity index (χ4v) is 0.907. The van der Waals surface area contributed by atoms with Gasteiger partial charge in [0.25, 0.3) is 0 Å². The Labute approximate surface area is 71.1 Å². The Morgan fingerprint density at radius 1 is 0.909 bits per heavy atom. The molecule has 0 spiro atoms. The number of hydrogen-bond donors (Lipinski definition) is 0. The van der Waals surface area contributed by atoms with Gasteiger partial charge >= 0.3 is 0 Å². The van der Waals surface area contributed by atoms with E-state index < -0.39 is 0 Å². The first-order chi connectivity index (χ1) is 4.65. The first-order valence-corrected chi connectivity index (χ1v) is 4.35. The number of hydrogen-bond acceptors (Lipinski definition) is 1. The van der Waals surface area contributed by atoms with Crippen LogP contribution >= 0.6 is 0 Å². The highest BCUT2D eigenvalue weighted by atomic mass is 16.5. The molecule has 0 amide bonds. The Kier molecular flexibility index (Phi) is 3.13. The van der Waals surface area contributed by atoms with Crippen LogP contribution in [0.4, 0.5) is 0 Å². The van der Waals surface area contributed by atoms with Crippen molar-refractivity contribution in [3.05, 3.63) is 0 Å². The molecule has 0 saturated carbocycles. The van der Waals surface area contributed by atoms with Gasteiger partial charge in [-0.1, -0.05) is 13.8 Å². The van der Waals surface area contributed by atoms with Crippen LogP contribution in [0.5, 0.6) is 0 Å². The van der Waals surface area contributed by atoms with E-state index in [2.05, 4.69) is 48.5 Å². The van der Waals surface area contributed by atoms with Crippen molar-refractivity contribution in [2.24, 2.45) is 5.92 Å². The van der Waals surface area contributed by atoms with Crippen molar-refractivity contribution in [2.45, 2.75) is 59.7 Å². The predicted molar refractivity (Wildman–Crippen MR) is 49.8 cm³/mol. The summed E-state index contributed by atoms with van der Waals surface area (Å²) in [7, 11) is 0. The lowest BCUT2D eigenvalue weighted by atomic mass is 9.93. The van der Waals surface area contributed by atoms with Crippen molar-refractivity contribution in [1.82, 2.24) is 0 Å². The van der Waals surface area contributed by atoms with Gasteiger partial charge in [-0.2, -0.15) is 0 Å². The average Bonchev–Trinajstić information content (AvgIpc) is 1.56. The van der Waals surface area contributed by atoms with Crippen LogP contribution in [0, 0.1) is 5.92 Å². The Hall–Kier alpha value is -0.0400. The van der Waals surface area contributed by atoms with Gasteiger partial charge in [0.2, 0.25) is 0 Å². The van der Waals surface area contributed by atoms with Crippen LogP contribution in [0.1, 0.15) is 48.5 Å². The van der Waals surface area contributed by atoms with Gasteiger partial charge in [-0.05, 0) is 40.5 Å². The molecule has 0 radical (unpaired) electrons. The van der Waals surface area contributed by atoms with Gasteiger partial charge in [-0.15, -0.1) is 0 Å². The molecule has 0 heterocycles. The Morgan fingerprint density at radius 2 is 1.27 bits per heavy atom. The summed E-state index contributed by atoms with van der Waals surface area (Å²) >= 11 is 0. The highest BCUT2D eigenvalue weighted by Crippen LogP contribution is 2.26. The first-order valence-electron chi connectivity index (χ1n) is 4.35. The minimum Gasteiger partial charge on any atom is -0.370 e. The minimum atomic E-state index is -0.0340. The molecule has 0 atom stereocenters. The maximum Gasteiger partial charge on any atom is 0.0656 e. The third-order valence-electron chi connectivity index (χ3n) is 1.96. The van der Waals surface area contributed by atoms with Gasteiger partial charge in [0.05, 0.1) is 11.2 Å². The topological polar surface area (TPSA) is 9.23 Å². The molecule has 0 N–H and O–H groups in total. The van der Waals surface area contributed by atoms with Crippen LogP contribution < -0.4 is 0 Å². The van der Waals surface area contributed by atoms with Crippen LogP contribution in [-0.2, 0) is 4.74 Å². The molecule has 11 heavy (non-hydrogen) atoms. The molecule has 0 rings (SSSR count). The summed E-state index contributed by atoms with van der Waals surface area (Å²) in [5, 5.41) is 0. The third-order valence-corrected chi connectivity index (χ3v) is 1.96. The van der Waals surface area contributed by atoms with Crippen LogP contribution in [0.3, 0.4) is 0 Å². The van der Waals surface area contributed by atoms with Crippen LogP contribution in [-0.4, -0.2) is 11.2 Å². The second-order valence-corrected chi connectivity index (χ2v) is 4.97. The van der Waals surface area contributed by atoms with Crippen molar-refractivity contribution < 1.29 is 4.74 Å². The van der Waals surface area contributed by atoms with Gasteiger partial charge in [-0.25, -0.2) is 0 Å². The Bertz CT molecular complexity index is 117. The van der Waals surface area contributed by atoms with Gasteiger partial charge in [-0.3, -0.25) is 0 Å². The van der Waals surface area contributed by atoms with E-state index in [1.54, 1.807) is 0 Å². The predicted octanol–water partition coefficient (Wildman–Crippen LogP) is 3.24. The summed E-state index contributed by atoms with van der Waals surface area (Å²) in [5.74, 6) is 0.557. The second-order valence-electron chi connectivity index (χ2n) is 4.97. The van der Waals surface area contributed by atoms with Crippen molar-refractivity contribution >= 4 is 0 Å². The van der Waals surface area contributed by atoms with E-state index in [0.717, 1.165) is 0 Å². The molecule has 0 fully saturated rings. The van der Waals surface area contributed by atoms with E-state index in [1.807, 2.05) is 0 Å². The smallest absolute Gasteiger partial charge is 0.0656 e. The van der Waals surface area contributed by atoms with Crippen molar-refractivity contribution in [3.63, 3.8) is 0 Å². The summed E-state index contributed by atoms with van der Waals surface area (Å²) in [6.45, 7) is 14.9. The molecule has 0 aromatic carbocycles. The molecule has 1 heteroatoms. The zero-order valence-corrected chi connectivity index (χ0v) is 8.99.